The Balaban J connectivity index is 2.25. The number of rotatable bonds is 4. The average molecular weight is 274 g/mol. The smallest absolute Gasteiger partial charge is 0.311 e. The molecule has 0 aromatic carbocycles. The lowest BCUT2D eigenvalue weighted by Crippen LogP contribution is -2.48. The summed E-state index contributed by atoms with van der Waals surface area (Å²) in [5.74, 6) is -0.300. The normalized spacial score (nSPS) is 22.3. The largest absolute Gasteiger partial charge is 0.481 e. The fraction of sp³-hybridized carbons (Fsp3) is 0.571. The van der Waals surface area contributed by atoms with Gasteiger partial charge < -0.3 is 10.0 Å². The maximum Gasteiger partial charge on any atom is 0.311 e. The molecule has 20 heavy (non-hydrogen) atoms. The molecule has 2 rings (SSSR count). The van der Waals surface area contributed by atoms with Gasteiger partial charge in [-0.25, -0.2) is 9.97 Å². The number of anilines is 1. The van der Waals surface area contributed by atoms with Crippen LogP contribution in [0.2, 0.25) is 0 Å². The van der Waals surface area contributed by atoms with E-state index in [9.17, 15) is 9.90 Å². The number of nitrogens with zero attached hydrogens (tertiary/aromatic N) is 4. The summed E-state index contributed by atoms with van der Waals surface area (Å²) in [7, 11) is 0. The van der Waals surface area contributed by atoms with E-state index in [-0.39, 0.29) is 0 Å². The number of carboxylic acids is 1. The van der Waals surface area contributed by atoms with Crippen molar-refractivity contribution in [3.05, 3.63) is 18.0 Å². The summed E-state index contributed by atoms with van der Waals surface area (Å²) in [6.07, 6.45) is 4.50. The molecule has 106 valence electrons. The first-order valence-electron chi connectivity index (χ1n) is 6.83. The lowest BCUT2D eigenvalue weighted by molar-refractivity contribution is -0.150. The molecule has 0 saturated carbocycles. The molecule has 1 aromatic heterocycles. The molecule has 0 spiro atoms. The van der Waals surface area contributed by atoms with E-state index in [1.54, 1.807) is 6.07 Å². The van der Waals surface area contributed by atoms with Crippen molar-refractivity contribution in [3.8, 4) is 6.07 Å². The standard InChI is InChI=1S/C14H18N4O2/c1-2-5-14(12(19)20)6-3-8-18(10-14)13-16-7-4-11(9-15)17-13/h4,7H,2-3,5-6,8,10H2,1H3,(H,19,20). The molecule has 6 nitrogen and oxygen atoms in total. The molecule has 1 N–H and O–H groups in total. The predicted molar refractivity (Wildman–Crippen MR) is 73.2 cm³/mol. The highest BCUT2D eigenvalue weighted by atomic mass is 16.4. The van der Waals surface area contributed by atoms with Gasteiger partial charge in [-0.05, 0) is 25.3 Å². The predicted octanol–water partition coefficient (Wildman–Crippen LogP) is 1.82. The number of carbonyl (C=O) groups is 1. The molecule has 0 aliphatic carbocycles. The number of carboxylic acid groups (broad SMARTS) is 1. The van der Waals surface area contributed by atoms with Gasteiger partial charge in [0.15, 0.2) is 0 Å². The zero-order valence-electron chi connectivity index (χ0n) is 11.5. The Morgan fingerprint density at radius 2 is 2.45 bits per heavy atom. The van der Waals surface area contributed by atoms with Crippen molar-refractivity contribution >= 4 is 11.9 Å². The first-order chi connectivity index (χ1) is 9.61. The zero-order valence-corrected chi connectivity index (χ0v) is 11.5. The quantitative estimate of drug-likeness (QED) is 0.900. The SMILES string of the molecule is CCCC1(C(=O)O)CCCN(c2nccc(C#N)n2)C1. The highest BCUT2D eigenvalue weighted by Crippen LogP contribution is 2.36. The summed E-state index contributed by atoms with van der Waals surface area (Å²) < 4.78 is 0. The van der Waals surface area contributed by atoms with Crippen molar-refractivity contribution in [2.45, 2.75) is 32.6 Å². The van der Waals surface area contributed by atoms with Crippen LogP contribution in [0.5, 0.6) is 0 Å². The van der Waals surface area contributed by atoms with Crippen molar-refractivity contribution in [1.82, 2.24) is 9.97 Å². The van der Waals surface area contributed by atoms with Crippen molar-refractivity contribution in [2.24, 2.45) is 5.41 Å². The molecule has 1 saturated heterocycles. The number of aliphatic carboxylic acids is 1. The average Bonchev–Trinajstić information content (AvgIpc) is 2.48. The van der Waals surface area contributed by atoms with Crippen LogP contribution >= 0.6 is 0 Å². The Bertz CT molecular complexity index is 536. The molecule has 1 aliphatic rings. The molecule has 0 amide bonds. The van der Waals surface area contributed by atoms with Crippen LogP contribution in [0.3, 0.4) is 0 Å². The maximum absolute atomic E-state index is 11.6. The second kappa shape index (κ2) is 5.87. The fourth-order valence-corrected chi connectivity index (χ4v) is 2.83. The van der Waals surface area contributed by atoms with Crippen molar-refractivity contribution < 1.29 is 9.90 Å². The minimum atomic E-state index is -0.750. The number of hydrogen-bond donors (Lipinski definition) is 1. The zero-order chi connectivity index (χ0) is 14.6. The summed E-state index contributed by atoms with van der Waals surface area (Å²) in [5, 5.41) is 18.4. The fourth-order valence-electron chi connectivity index (χ4n) is 2.83. The van der Waals surface area contributed by atoms with Gasteiger partial charge in [-0.2, -0.15) is 5.26 Å². The van der Waals surface area contributed by atoms with Crippen LogP contribution in [0.15, 0.2) is 12.3 Å². The monoisotopic (exact) mass is 274 g/mol. The molecule has 1 fully saturated rings. The number of nitriles is 1. The number of hydrogen-bond acceptors (Lipinski definition) is 5. The van der Waals surface area contributed by atoms with Gasteiger partial charge in [0, 0.05) is 19.3 Å². The van der Waals surface area contributed by atoms with E-state index in [0.29, 0.717) is 31.0 Å². The van der Waals surface area contributed by atoms with E-state index in [2.05, 4.69) is 9.97 Å². The summed E-state index contributed by atoms with van der Waals surface area (Å²) >= 11 is 0. The van der Waals surface area contributed by atoms with Crippen molar-refractivity contribution in [2.75, 3.05) is 18.0 Å². The third-order valence-electron chi connectivity index (χ3n) is 3.80. The van der Waals surface area contributed by atoms with E-state index in [4.69, 9.17) is 5.26 Å². The van der Waals surface area contributed by atoms with Crippen LogP contribution in [-0.2, 0) is 4.79 Å². The molecular weight excluding hydrogens is 256 g/mol. The molecule has 0 radical (unpaired) electrons. The minimum absolute atomic E-state index is 0.303. The summed E-state index contributed by atoms with van der Waals surface area (Å²) in [6, 6.07) is 3.53. The third kappa shape index (κ3) is 2.72. The van der Waals surface area contributed by atoms with Crippen LogP contribution in [0, 0.1) is 16.7 Å². The van der Waals surface area contributed by atoms with Gasteiger partial charge in [0.05, 0.1) is 5.41 Å². The van der Waals surface area contributed by atoms with Gasteiger partial charge in [-0.15, -0.1) is 0 Å². The van der Waals surface area contributed by atoms with Gasteiger partial charge >= 0.3 is 5.97 Å². The lowest BCUT2D eigenvalue weighted by atomic mass is 9.76. The minimum Gasteiger partial charge on any atom is -0.481 e. The number of piperidine rings is 1. The van der Waals surface area contributed by atoms with Crippen LogP contribution < -0.4 is 4.90 Å². The van der Waals surface area contributed by atoms with Gasteiger partial charge in [-0.3, -0.25) is 4.79 Å². The van der Waals surface area contributed by atoms with Crippen molar-refractivity contribution in [1.29, 1.82) is 5.26 Å². The molecule has 1 aliphatic heterocycles. The second-order valence-electron chi connectivity index (χ2n) is 5.21. The summed E-state index contributed by atoms with van der Waals surface area (Å²) in [4.78, 5) is 21.9. The third-order valence-corrected chi connectivity index (χ3v) is 3.80. The van der Waals surface area contributed by atoms with Crippen LogP contribution in [-0.4, -0.2) is 34.1 Å². The summed E-state index contributed by atoms with van der Waals surface area (Å²) in [5.41, 5.74) is -0.420. The summed E-state index contributed by atoms with van der Waals surface area (Å²) in [6.45, 7) is 3.13. The van der Waals surface area contributed by atoms with Gasteiger partial charge in [0.1, 0.15) is 11.8 Å². The highest BCUT2D eigenvalue weighted by Gasteiger charge is 2.42. The lowest BCUT2D eigenvalue weighted by Gasteiger charge is -2.39. The first-order valence-corrected chi connectivity index (χ1v) is 6.83. The molecule has 6 heteroatoms. The maximum atomic E-state index is 11.6. The Morgan fingerprint density at radius 3 is 3.10 bits per heavy atom. The van der Waals surface area contributed by atoms with Crippen LogP contribution in [0.1, 0.15) is 38.3 Å². The van der Waals surface area contributed by atoms with Crippen LogP contribution in [0.4, 0.5) is 5.95 Å². The van der Waals surface area contributed by atoms with Gasteiger partial charge in [0.2, 0.25) is 5.95 Å². The highest BCUT2D eigenvalue weighted by molar-refractivity contribution is 5.75. The van der Waals surface area contributed by atoms with Crippen LogP contribution in [0.25, 0.3) is 0 Å². The second-order valence-corrected chi connectivity index (χ2v) is 5.21. The first kappa shape index (κ1) is 14.3. The molecular formula is C14H18N4O2. The number of aromatic nitrogens is 2. The van der Waals surface area contributed by atoms with E-state index in [1.165, 1.54) is 6.20 Å². The molecule has 1 aromatic rings. The van der Waals surface area contributed by atoms with E-state index >= 15 is 0 Å². The van der Waals surface area contributed by atoms with Crippen molar-refractivity contribution in [3.63, 3.8) is 0 Å². The van der Waals surface area contributed by atoms with E-state index in [1.807, 2.05) is 17.9 Å². The van der Waals surface area contributed by atoms with E-state index < -0.39 is 11.4 Å². The van der Waals surface area contributed by atoms with Gasteiger partial charge in [0.25, 0.3) is 0 Å². The molecule has 0 bridgehead atoms. The van der Waals surface area contributed by atoms with Gasteiger partial charge in [-0.1, -0.05) is 13.3 Å². The molecule has 1 unspecified atom stereocenters. The Kier molecular flexibility index (Phi) is 4.18. The Labute approximate surface area is 118 Å². The van der Waals surface area contributed by atoms with E-state index in [0.717, 1.165) is 19.4 Å². The molecule has 1 atom stereocenters. The topological polar surface area (TPSA) is 90.1 Å². The Morgan fingerprint density at radius 1 is 1.65 bits per heavy atom. The molecule has 2 heterocycles. The Hall–Kier alpha value is -2.16.